The summed E-state index contributed by atoms with van der Waals surface area (Å²) in [4.78, 5) is 0. The Balaban J connectivity index is 3.06. The molecule has 1 nitrogen and oxygen atoms in total. The van der Waals surface area contributed by atoms with E-state index in [4.69, 9.17) is 5.11 Å². The number of hydrogen-bond acceptors (Lipinski definition) is 1. The third-order valence-electron chi connectivity index (χ3n) is 1.35. The van der Waals surface area contributed by atoms with Crippen LogP contribution in [0.4, 0.5) is 0 Å². The van der Waals surface area contributed by atoms with E-state index in [0.717, 1.165) is 14.1 Å². The molecule has 0 amide bonds. The van der Waals surface area contributed by atoms with Crippen LogP contribution >= 0.6 is 8.58 Å². The van der Waals surface area contributed by atoms with Gasteiger partial charge in [0.05, 0.1) is 0 Å². The Morgan fingerprint density at radius 3 is 2.50 bits per heavy atom. The fourth-order valence-corrected chi connectivity index (χ4v) is 1.57. The lowest BCUT2D eigenvalue weighted by molar-refractivity contribution is 0.475. The van der Waals surface area contributed by atoms with Crippen molar-refractivity contribution in [2.45, 2.75) is 6.92 Å². The molecule has 0 heterocycles. The Labute approximate surface area is 62.9 Å². The average molecular weight is 154 g/mol. The smallest absolute Gasteiger partial charge is 0.116 e. The average Bonchev–Trinajstić information content (AvgIpc) is 1.85. The van der Waals surface area contributed by atoms with Crippen molar-refractivity contribution in [1.82, 2.24) is 0 Å². The maximum Gasteiger partial charge on any atom is 0.116 e. The van der Waals surface area contributed by atoms with Crippen LogP contribution in [0.15, 0.2) is 18.2 Å². The Morgan fingerprint density at radius 1 is 1.30 bits per heavy atom. The number of phenols is 1. The van der Waals surface area contributed by atoms with E-state index in [1.807, 2.05) is 13.0 Å². The highest BCUT2D eigenvalue weighted by Crippen LogP contribution is 2.13. The van der Waals surface area contributed by atoms with Gasteiger partial charge in [-0.05, 0) is 36.6 Å². The van der Waals surface area contributed by atoms with Gasteiger partial charge in [0.1, 0.15) is 5.75 Å². The van der Waals surface area contributed by atoms with E-state index < -0.39 is 0 Å². The molecule has 1 aromatic carbocycles. The van der Waals surface area contributed by atoms with Crippen LogP contribution in [0.25, 0.3) is 0 Å². The van der Waals surface area contributed by atoms with Crippen molar-refractivity contribution in [1.29, 1.82) is 0 Å². The van der Waals surface area contributed by atoms with Crippen LogP contribution in [-0.2, 0) is 0 Å². The van der Waals surface area contributed by atoms with E-state index in [2.05, 4.69) is 12.7 Å². The van der Waals surface area contributed by atoms with Crippen LogP contribution in [-0.4, -0.2) is 11.8 Å². The predicted octanol–water partition coefficient (Wildman–Crippen LogP) is 1.63. The Bertz CT molecular complexity index is 212. The van der Waals surface area contributed by atoms with Crippen molar-refractivity contribution in [3.05, 3.63) is 23.8 Å². The number of rotatable bonds is 1. The van der Waals surface area contributed by atoms with E-state index in [-0.39, 0.29) is 0 Å². The van der Waals surface area contributed by atoms with E-state index in [9.17, 15) is 0 Å². The summed E-state index contributed by atoms with van der Waals surface area (Å²) in [6.07, 6.45) is 0. The van der Waals surface area contributed by atoms with E-state index in [1.54, 1.807) is 6.07 Å². The van der Waals surface area contributed by atoms with Crippen molar-refractivity contribution in [3.8, 4) is 5.75 Å². The van der Waals surface area contributed by atoms with Gasteiger partial charge in [-0.3, -0.25) is 0 Å². The van der Waals surface area contributed by atoms with Crippen molar-refractivity contribution in [3.63, 3.8) is 0 Å². The van der Waals surface area contributed by atoms with Gasteiger partial charge in [-0.15, -0.1) is 0 Å². The van der Waals surface area contributed by atoms with Gasteiger partial charge in [0.2, 0.25) is 0 Å². The van der Waals surface area contributed by atoms with Crippen LogP contribution in [0.3, 0.4) is 0 Å². The van der Waals surface area contributed by atoms with Crippen LogP contribution < -0.4 is 5.30 Å². The molecular formula is C8H11OP. The van der Waals surface area contributed by atoms with Crippen LogP contribution in [0.2, 0.25) is 0 Å². The molecule has 1 aromatic rings. The second kappa shape index (κ2) is 3.03. The van der Waals surface area contributed by atoms with Crippen molar-refractivity contribution in [2.24, 2.45) is 0 Å². The summed E-state index contributed by atoms with van der Waals surface area (Å²) in [5.74, 6) is 0.379. The molecular weight excluding hydrogens is 143 g/mol. The Hall–Kier alpha value is -0.550. The second-order valence-corrected chi connectivity index (χ2v) is 3.38. The lowest BCUT2D eigenvalue weighted by Gasteiger charge is -1.99. The molecule has 0 bridgehead atoms. The maximum atomic E-state index is 9.13. The summed E-state index contributed by atoms with van der Waals surface area (Å²) in [5.41, 5.74) is 1.13. The molecule has 0 aliphatic rings. The fraction of sp³-hybridized carbons (Fsp3) is 0.250. The number of hydrogen-bond donors (Lipinski definition) is 1. The summed E-state index contributed by atoms with van der Waals surface area (Å²) in [5, 5.41) is 10.3. The molecule has 0 radical (unpaired) electrons. The van der Waals surface area contributed by atoms with Crippen LogP contribution in [0.5, 0.6) is 5.75 Å². The van der Waals surface area contributed by atoms with Crippen molar-refractivity contribution < 1.29 is 5.11 Å². The molecule has 0 fully saturated rings. The fourth-order valence-electron chi connectivity index (χ4n) is 0.907. The van der Waals surface area contributed by atoms with Crippen LogP contribution in [0, 0.1) is 6.92 Å². The molecule has 2 heteroatoms. The summed E-state index contributed by atoms with van der Waals surface area (Å²) in [6.45, 7) is 4.09. The SMILES string of the molecule is CPc1cc(C)cc(O)c1. The molecule has 10 heavy (non-hydrogen) atoms. The van der Waals surface area contributed by atoms with Gasteiger partial charge < -0.3 is 5.11 Å². The summed E-state index contributed by atoms with van der Waals surface area (Å²) in [6, 6.07) is 5.67. The number of benzene rings is 1. The lowest BCUT2D eigenvalue weighted by atomic mass is 10.2. The first-order valence-corrected chi connectivity index (χ1v) is 4.71. The molecule has 0 saturated heterocycles. The van der Waals surface area contributed by atoms with Gasteiger partial charge in [0, 0.05) is 0 Å². The Kier molecular flexibility index (Phi) is 2.29. The van der Waals surface area contributed by atoms with Gasteiger partial charge >= 0.3 is 0 Å². The first-order valence-electron chi connectivity index (χ1n) is 3.21. The molecule has 1 atom stereocenters. The summed E-state index contributed by atoms with van der Waals surface area (Å²) < 4.78 is 0. The number of aryl methyl sites for hydroxylation is 1. The topological polar surface area (TPSA) is 20.2 Å². The highest BCUT2D eigenvalue weighted by atomic mass is 31.1. The third-order valence-corrected chi connectivity index (χ3v) is 2.22. The molecule has 1 unspecified atom stereocenters. The molecule has 1 rings (SSSR count). The number of aromatic hydroxyl groups is 1. The zero-order valence-electron chi connectivity index (χ0n) is 6.18. The van der Waals surface area contributed by atoms with Gasteiger partial charge in [0.15, 0.2) is 0 Å². The highest BCUT2D eigenvalue weighted by Gasteiger charge is 1.93. The van der Waals surface area contributed by atoms with Gasteiger partial charge in [-0.25, -0.2) is 0 Å². The maximum absolute atomic E-state index is 9.13. The Morgan fingerprint density at radius 2 is 2.00 bits per heavy atom. The van der Waals surface area contributed by atoms with E-state index in [1.165, 1.54) is 5.30 Å². The van der Waals surface area contributed by atoms with Crippen LogP contribution in [0.1, 0.15) is 5.56 Å². The first kappa shape index (κ1) is 7.56. The molecule has 54 valence electrons. The number of phenolic OH excluding ortho intramolecular Hbond substituents is 1. The minimum Gasteiger partial charge on any atom is -0.508 e. The van der Waals surface area contributed by atoms with E-state index >= 15 is 0 Å². The molecule has 0 saturated carbocycles. The molecule has 0 aromatic heterocycles. The third kappa shape index (κ3) is 1.71. The second-order valence-electron chi connectivity index (χ2n) is 2.31. The largest absolute Gasteiger partial charge is 0.508 e. The zero-order chi connectivity index (χ0) is 7.56. The van der Waals surface area contributed by atoms with Crippen molar-refractivity contribution >= 4 is 13.9 Å². The minimum atomic E-state index is 0.379. The molecule has 0 aliphatic carbocycles. The first-order chi connectivity index (χ1) is 4.72. The van der Waals surface area contributed by atoms with Gasteiger partial charge in [-0.2, -0.15) is 0 Å². The minimum absolute atomic E-state index is 0.379. The normalized spacial score (nSPS) is 11.0. The van der Waals surface area contributed by atoms with E-state index in [0.29, 0.717) is 5.75 Å². The standard InChI is InChI=1S/C8H11OP/c1-6-3-7(9)5-8(4-6)10-2/h3-5,9-10H,1-2H3. The predicted molar refractivity (Wildman–Crippen MR) is 46.7 cm³/mol. The molecule has 1 N–H and O–H groups in total. The summed E-state index contributed by atoms with van der Waals surface area (Å²) >= 11 is 0. The molecule has 0 aliphatic heterocycles. The monoisotopic (exact) mass is 154 g/mol. The quantitative estimate of drug-likeness (QED) is 0.609. The van der Waals surface area contributed by atoms with Gasteiger partial charge in [0.25, 0.3) is 0 Å². The zero-order valence-corrected chi connectivity index (χ0v) is 7.18. The molecule has 0 spiro atoms. The summed E-state index contributed by atoms with van der Waals surface area (Å²) in [7, 11) is 0.763. The lowest BCUT2D eigenvalue weighted by Crippen LogP contribution is -1.92. The van der Waals surface area contributed by atoms with Gasteiger partial charge in [-0.1, -0.05) is 14.6 Å². The highest BCUT2D eigenvalue weighted by molar-refractivity contribution is 7.46. The van der Waals surface area contributed by atoms with Crippen molar-refractivity contribution in [2.75, 3.05) is 6.66 Å².